The van der Waals surface area contributed by atoms with Crippen LogP contribution in [0.1, 0.15) is 36.4 Å². The van der Waals surface area contributed by atoms with E-state index in [0.29, 0.717) is 11.6 Å². The molecule has 0 bridgehead atoms. The summed E-state index contributed by atoms with van der Waals surface area (Å²) in [5, 5.41) is 11.6. The Balaban J connectivity index is 2.89. The maximum absolute atomic E-state index is 10.8. The Morgan fingerprint density at radius 1 is 1.71 bits per heavy atom. The number of rotatable bonds is 4. The summed E-state index contributed by atoms with van der Waals surface area (Å²) in [6.45, 7) is 4.15. The SMILES string of the molecule is CC(C)c1nc(C(CN)C(=O)O)cs1. The Hall–Kier alpha value is -0.940. The van der Waals surface area contributed by atoms with E-state index in [2.05, 4.69) is 4.98 Å². The lowest BCUT2D eigenvalue weighted by molar-refractivity contribution is -0.138. The first-order chi connectivity index (χ1) is 6.56. The van der Waals surface area contributed by atoms with Crippen molar-refractivity contribution in [3.05, 3.63) is 16.1 Å². The van der Waals surface area contributed by atoms with Crippen molar-refractivity contribution in [1.29, 1.82) is 0 Å². The van der Waals surface area contributed by atoms with E-state index in [1.165, 1.54) is 11.3 Å². The average Bonchev–Trinajstić information content (AvgIpc) is 2.53. The van der Waals surface area contributed by atoms with Crippen molar-refractivity contribution in [1.82, 2.24) is 4.98 Å². The molecule has 14 heavy (non-hydrogen) atoms. The fourth-order valence-corrected chi connectivity index (χ4v) is 1.96. The Morgan fingerprint density at radius 2 is 2.36 bits per heavy atom. The first kappa shape index (κ1) is 11.1. The van der Waals surface area contributed by atoms with E-state index in [1.807, 2.05) is 13.8 Å². The first-order valence-corrected chi connectivity index (χ1v) is 5.32. The van der Waals surface area contributed by atoms with Crippen molar-refractivity contribution in [2.24, 2.45) is 5.73 Å². The van der Waals surface area contributed by atoms with E-state index in [0.717, 1.165) is 5.01 Å². The molecule has 1 aromatic heterocycles. The van der Waals surface area contributed by atoms with Gasteiger partial charge in [-0.25, -0.2) is 4.98 Å². The van der Waals surface area contributed by atoms with E-state index in [-0.39, 0.29) is 6.54 Å². The smallest absolute Gasteiger partial charge is 0.313 e. The Kier molecular flexibility index (Phi) is 3.60. The molecule has 0 aliphatic carbocycles. The van der Waals surface area contributed by atoms with Gasteiger partial charge in [0.2, 0.25) is 0 Å². The van der Waals surface area contributed by atoms with Gasteiger partial charge in [0.25, 0.3) is 0 Å². The van der Waals surface area contributed by atoms with E-state index >= 15 is 0 Å². The largest absolute Gasteiger partial charge is 0.481 e. The van der Waals surface area contributed by atoms with Gasteiger partial charge in [0.1, 0.15) is 5.92 Å². The highest BCUT2D eigenvalue weighted by atomic mass is 32.1. The molecule has 1 atom stereocenters. The van der Waals surface area contributed by atoms with Crippen LogP contribution in [0.4, 0.5) is 0 Å². The van der Waals surface area contributed by atoms with Gasteiger partial charge in [0.15, 0.2) is 0 Å². The molecule has 0 saturated carbocycles. The summed E-state index contributed by atoms with van der Waals surface area (Å²) < 4.78 is 0. The highest BCUT2D eigenvalue weighted by Gasteiger charge is 2.21. The molecule has 0 radical (unpaired) electrons. The summed E-state index contributed by atoms with van der Waals surface area (Å²) in [5.74, 6) is -1.24. The van der Waals surface area contributed by atoms with Crippen LogP contribution in [-0.2, 0) is 4.79 Å². The summed E-state index contributed by atoms with van der Waals surface area (Å²) in [6, 6.07) is 0. The molecule has 78 valence electrons. The lowest BCUT2D eigenvalue weighted by Gasteiger charge is -2.05. The van der Waals surface area contributed by atoms with Gasteiger partial charge in [-0.1, -0.05) is 13.8 Å². The van der Waals surface area contributed by atoms with Crippen LogP contribution in [-0.4, -0.2) is 22.6 Å². The average molecular weight is 214 g/mol. The van der Waals surface area contributed by atoms with E-state index in [1.54, 1.807) is 5.38 Å². The molecule has 1 heterocycles. The lowest BCUT2D eigenvalue weighted by Crippen LogP contribution is -2.21. The highest BCUT2D eigenvalue weighted by molar-refractivity contribution is 7.09. The maximum atomic E-state index is 10.8. The molecule has 0 saturated heterocycles. The second kappa shape index (κ2) is 4.52. The topological polar surface area (TPSA) is 76.2 Å². The van der Waals surface area contributed by atoms with Gasteiger partial charge in [-0.3, -0.25) is 4.79 Å². The molecule has 0 amide bonds. The number of carboxylic acid groups (broad SMARTS) is 1. The normalized spacial score (nSPS) is 13.1. The Labute approximate surface area is 86.8 Å². The predicted octanol–water partition coefficient (Wildman–Crippen LogP) is 1.39. The third kappa shape index (κ3) is 2.30. The van der Waals surface area contributed by atoms with Crippen LogP contribution >= 0.6 is 11.3 Å². The standard InChI is InChI=1S/C9H14N2O2S/c1-5(2)8-11-7(4-14-8)6(3-10)9(12)13/h4-6H,3,10H2,1-2H3,(H,12,13). The Bertz CT molecular complexity index is 322. The van der Waals surface area contributed by atoms with Gasteiger partial charge in [-0.15, -0.1) is 11.3 Å². The van der Waals surface area contributed by atoms with Crippen LogP contribution in [0.5, 0.6) is 0 Å². The molecule has 4 nitrogen and oxygen atoms in total. The van der Waals surface area contributed by atoms with E-state index < -0.39 is 11.9 Å². The summed E-state index contributed by atoms with van der Waals surface area (Å²) in [5.41, 5.74) is 5.95. The second-order valence-electron chi connectivity index (χ2n) is 3.39. The van der Waals surface area contributed by atoms with Crippen molar-refractivity contribution in [2.45, 2.75) is 25.7 Å². The molecule has 5 heteroatoms. The minimum atomic E-state index is -0.909. The van der Waals surface area contributed by atoms with E-state index in [9.17, 15) is 4.79 Å². The quantitative estimate of drug-likeness (QED) is 0.794. The van der Waals surface area contributed by atoms with Crippen molar-refractivity contribution in [3.63, 3.8) is 0 Å². The van der Waals surface area contributed by atoms with Crippen LogP contribution in [0.25, 0.3) is 0 Å². The number of aromatic nitrogens is 1. The molecule has 0 aromatic carbocycles. The second-order valence-corrected chi connectivity index (χ2v) is 4.28. The molecular weight excluding hydrogens is 200 g/mol. The highest BCUT2D eigenvalue weighted by Crippen LogP contribution is 2.23. The van der Waals surface area contributed by atoms with Crippen LogP contribution in [0.15, 0.2) is 5.38 Å². The van der Waals surface area contributed by atoms with Crippen LogP contribution in [0.2, 0.25) is 0 Å². The minimum Gasteiger partial charge on any atom is -0.481 e. The molecule has 1 unspecified atom stereocenters. The van der Waals surface area contributed by atoms with Crippen molar-refractivity contribution in [2.75, 3.05) is 6.54 Å². The van der Waals surface area contributed by atoms with Crippen molar-refractivity contribution < 1.29 is 9.90 Å². The van der Waals surface area contributed by atoms with E-state index in [4.69, 9.17) is 10.8 Å². The number of hydrogen-bond donors (Lipinski definition) is 2. The number of carboxylic acids is 1. The fraction of sp³-hybridized carbons (Fsp3) is 0.556. The zero-order chi connectivity index (χ0) is 10.7. The molecular formula is C9H14N2O2S. The zero-order valence-electron chi connectivity index (χ0n) is 8.23. The number of carbonyl (C=O) groups is 1. The first-order valence-electron chi connectivity index (χ1n) is 4.44. The molecule has 0 aliphatic heterocycles. The number of aliphatic carboxylic acids is 1. The third-order valence-corrected chi connectivity index (χ3v) is 3.09. The van der Waals surface area contributed by atoms with Gasteiger partial charge in [-0.2, -0.15) is 0 Å². The summed E-state index contributed by atoms with van der Waals surface area (Å²) in [7, 11) is 0. The van der Waals surface area contributed by atoms with Crippen molar-refractivity contribution >= 4 is 17.3 Å². The van der Waals surface area contributed by atoms with Crippen LogP contribution in [0.3, 0.4) is 0 Å². The maximum Gasteiger partial charge on any atom is 0.313 e. The molecule has 1 rings (SSSR count). The monoisotopic (exact) mass is 214 g/mol. The van der Waals surface area contributed by atoms with Gasteiger partial charge < -0.3 is 10.8 Å². The molecule has 0 aliphatic rings. The Morgan fingerprint density at radius 3 is 2.71 bits per heavy atom. The van der Waals surface area contributed by atoms with Gasteiger partial charge in [-0.05, 0) is 0 Å². The third-order valence-electron chi connectivity index (χ3n) is 1.92. The number of nitrogens with zero attached hydrogens (tertiary/aromatic N) is 1. The molecule has 0 spiro atoms. The van der Waals surface area contributed by atoms with Gasteiger partial charge in [0.05, 0.1) is 10.7 Å². The molecule has 1 aromatic rings. The zero-order valence-corrected chi connectivity index (χ0v) is 9.04. The van der Waals surface area contributed by atoms with Crippen LogP contribution < -0.4 is 5.73 Å². The van der Waals surface area contributed by atoms with Gasteiger partial charge in [0, 0.05) is 17.8 Å². The fourth-order valence-electron chi connectivity index (χ4n) is 1.07. The minimum absolute atomic E-state index is 0.0939. The summed E-state index contributed by atoms with van der Waals surface area (Å²) in [6.07, 6.45) is 0. The number of nitrogens with two attached hydrogens (primary N) is 1. The number of thiazole rings is 1. The lowest BCUT2D eigenvalue weighted by atomic mass is 10.1. The predicted molar refractivity (Wildman–Crippen MR) is 55.6 cm³/mol. The van der Waals surface area contributed by atoms with Gasteiger partial charge >= 0.3 is 5.97 Å². The molecule has 0 fully saturated rings. The number of hydrogen-bond acceptors (Lipinski definition) is 4. The van der Waals surface area contributed by atoms with Crippen LogP contribution in [0, 0.1) is 0 Å². The van der Waals surface area contributed by atoms with Crippen molar-refractivity contribution in [3.8, 4) is 0 Å². The molecule has 3 N–H and O–H groups in total. The summed E-state index contributed by atoms with van der Waals surface area (Å²) >= 11 is 1.49. The summed E-state index contributed by atoms with van der Waals surface area (Å²) in [4.78, 5) is 15.1.